The van der Waals surface area contributed by atoms with E-state index in [1.807, 2.05) is 0 Å². The zero-order valence-electron chi connectivity index (χ0n) is 41.0. The summed E-state index contributed by atoms with van der Waals surface area (Å²) < 4.78 is 7.60. The molecule has 0 N–H and O–H groups in total. The van der Waals surface area contributed by atoms with Gasteiger partial charge in [0.15, 0.2) is 0 Å². The third-order valence-electron chi connectivity index (χ3n) is 16.4. The van der Waals surface area contributed by atoms with E-state index >= 15 is 0 Å². The van der Waals surface area contributed by atoms with E-state index in [9.17, 15) is 0 Å². The minimum atomic E-state index is -0.0614. The van der Waals surface area contributed by atoms with Gasteiger partial charge >= 0.3 is 0 Å². The van der Waals surface area contributed by atoms with Crippen LogP contribution in [0.15, 0.2) is 82.4 Å². The van der Waals surface area contributed by atoms with E-state index in [4.69, 9.17) is 4.42 Å². The number of hydrogen-bond acceptors (Lipinski definition) is 3. The normalized spacial score (nSPS) is 20.5. The second-order valence-electron chi connectivity index (χ2n) is 24.9. The molecule has 2 aliphatic heterocycles. The van der Waals surface area contributed by atoms with Gasteiger partial charge in [0, 0.05) is 33.8 Å². The Bertz CT molecular complexity index is 2800. The molecule has 62 heavy (non-hydrogen) atoms. The molecule has 0 bridgehead atoms. The van der Waals surface area contributed by atoms with Gasteiger partial charge < -0.3 is 14.2 Å². The van der Waals surface area contributed by atoms with Gasteiger partial charge in [0.2, 0.25) is 0 Å². The maximum atomic E-state index is 7.60. The van der Waals surface area contributed by atoms with Gasteiger partial charge in [0.1, 0.15) is 5.58 Å². The molecule has 3 heterocycles. The van der Waals surface area contributed by atoms with Crippen LogP contribution in [0.25, 0.3) is 11.0 Å². The molecule has 0 radical (unpaired) electrons. The third-order valence-corrected chi connectivity index (χ3v) is 16.4. The number of rotatable bonds is 2. The summed E-state index contributed by atoms with van der Waals surface area (Å²) in [5.41, 5.74) is 24.4. The van der Waals surface area contributed by atoms with E-state index in [1.54, 1.807) is 0 Å². The molecule has 0 unspecified atom stereocenters. The van der Waals surface area contributed by atoms with Crippen molar-refractivity contribution in [3.8, 4) is 0 Å². The first kappa shape index (κ1) is 41.6. The number of aryl methyl sites for hydroxylation is 2. The molecule has 3 aliphatic carbocycles. The summed E-state index contributed by atoms with van der Waals surface area (Å²) in [5, 5.41) is 1.25. The van der Waals surface area contributed by atoms with Crippen molar-refractivity contribution in [1.82, 2.24) is 0 Å². The van der Waals surface area contributed by atoms with Crippen molar-refractivity contribution in [3.63, 3.8) is 0 Å². The Morgan fingerprint density at radius 3 is 1.68 bits per heavy atom. The number of hydrogen-bond donors (Lipinski definition) is 0. The van der Waals surface area contributed by atoms with Gasteiger partial charge in [0.05, 0.1) is 11.3 Å². The molecule has 5 aliphatic rings. The number of nitrogens with zero attached hydrogens (tertiary/aromatic N) is 2. The quantitative estimate of drug-likeness (QED) is 0.162. The Morgan fingerprint density at radius 2 is 1.13 bits per heavy atom. The number of furan rings is 1. The lowest BCUT2D eigenvalue weighted by Gasteiger charge is -2.47. The smallest absolute Gasteiger partial charge is 0.297 e. The minimum absolute atomic E-state index is 0.0578. The van der Waals surface area contributed by atoms with Crippen LogP contribution in [0.1, 0.15) is 174 Å². The maximum Gasteiger partial charge on any atom is 0.297 e. The van der Waals surface area contributed by atoms with Crippen molar-refractivity contribution in [3.05, 3.63) is 117 Å². The van der Waals surface area contributed by atoms with Crippen molar-refractivity contribution >= 4 is 62.7 Å². The van der Waals surface area contributed by atoms with E-state index < -0.39 is 0 Å². The van der Waals surface area contributed by atoms with Crippen molar-refractivity contribution in [2.45, 2.75) is 176 Å². The molecule has 3 nitrogen and oxygen atoms in total. The zero-order valence-corrected chi connectivity index (χ0v) is 41.0. The van der Waals surface area contributed by atoms with Crippen LogP contribution in [0, 0.1) is 19.3 Å². The van der Waals surface area contributed by atoms with Crippen LogP contribution in [0.3, 0.4) is 0 Å². The zero-order chi connectivity index (χ0) is 44.4. The van der Waals surface area contributed by atoms with Crippen LogP contribution >= 0.6 is 0 Å². The lowest BCUT2D eigenvalue weighted by molar-refractivity contribution is 0.332. The van der Waals surface area contributed by atoms with Gasteiger partial charge in [-0.1, -0.05) is 127 Å². The van der Waals surface area contributed by atoms with Crippen molar-refractivity contribution in [2.75, 3.05) is 9.80 Å². The highest BCUT2D eigenvalue weighted by molar-refractivity contribution is 7.00. The average molecular weight is 823 g/mol. The molecular weight excluding hydrogens is 751 g/mol. The van der Waals surface area contributed by atoms with Gasteiger partial charge in [-0.2, -0.15) is 0 Å². The van der Waals surface area contributed by atoms with E-state index in [-0.39, 0.29) is 39.2 Å². The highest BCUT2D eigenvalue weighted by Gasteiger charge is 2.50. The first-order valence-electron chi connectivity index (χ1n) is 23.9. The van der Waals surface area contributed by atoms with Crippen molar-refractivity contribution in [2.24, 2.45) is 5.41 Å². The molecule has 5 aromatic rings. The fraction of sp³-hybridized carbons (Fsp3) is 0.483. The Hall–Kier alpha value is -4.44. The molecule has 322 valence electrons. The van der Waals surface area contributed by atoms with Gasteiger partial charge in [-0.3, -0.25) is 0 Å². The molecule has 0 atom stereocenters. The van der Waals surface area contributed by atoms with Crippen molar-refractivity contribution in [1.29, 1.82) is 0 Å². The van der Waals surface area contributed by atoms with Gasteiger partial charge in [-0.05, 0) is 177 Å². The summed E-state index contributed by atoms with van der Waals surface area (Å²) in [6, 6.07) is 22.5. The molecule has 4 heteroatoms. The minimum Gasteiger partial charge on any atom is -0.468 e. The number of benzene rings is 4. The summed E-state index contributed by atoms with van der Waals surface area (Å²) >= 11 is 0. The molecule has 4 aromatic carbocycles. The van der Waals surface area contributed by atoms with Crippen LogP contribution in [-0.2, 0) is 27.1 Å². The molecule has 0 spiro atoms. The van der Waals surface area contributed by atoms with E-state index in [1.165, 1.54) is 121 Å². The number of fused-ring (bicyclic) bond motifs is 8. The molecular formula is C58H71BN2O. The Morgan fingerprint density at radius 1 is 0.565 bits per heavy atom. The highest BCUT2D eigenvalue weighted by Crippen LogP contribution is 2.54. The van der Waals surface area contributed by atoms with E-state index in [0.717, 1.165) is 24.1 Å². The second kappa shape index (κ2) is 13.1. The SMILES string of the molecule is Cc1cc2c3c(c1)N(c1ccc(C(C)(C)C)cc1C)c1cc4c(cc1B3c1oc3cc5c(cc3c1N2C1=CC=C(C(C)(C)C)CC1)C(C)(C)CCC5(C)C)C(C)(C)CCC4(C)C. The van der Waals surface area contributed by atoms with Crippen LogP contribution in [0.2, 0.25) is 0 Å². The second-order valence-corrected chi connectivity index (χ2v) is 24.9. The average Bonchev–Trinajstić information content (AvgIpc) is 3.55. The highest BCUT2D eigenvalue weighted by atomic mass is 16.3. The van der Waals surface area contributed by atoms with Crippen LogP contribution < -0.4 is 26.4 Å². The summed E-state index contributed by atoms with van der Waals surface area (Å²) in [6.45, 7) is 38.3. The fourth-order valence-corrected chi connectivity index (χ4v) is 12.1. The topological polar surface area (TPSA) is 19.6 Å². The number of anilines is 5. The fourth-order valence-electron chi connectivity index (χ4n) is 12.1. The molecule has 0 fully saturated rings. The Kier molecular flexibility index (Phi) is 8.77. The Labute approximate surface area is 374 Å². The number of allylic oxidation sites excluding steroid dienone is 4. The molecule has 10 rings (SSSR count). The first-order valence-corrected chi connectivity index (χ1v) is 23.9. The predicted molar refractivity (Wildman–Crippen MR) is 268 cm³/mol. The molecule has 1 aromatic heterocycles. The van der Waals surface area contributed by atoms with E-state index in [2.05, 4.69) is 187 Å². The lowest BCUT2D eigenvalue weighted by atomic mass is 9.35. The maximum absolute atomic E-state index is 7.60. The van der Waals surface area contributed by atoms with Gasteiger partial charge in [-0.25, -0.2) is 0 Å². The van der Waals surface area contributed by atoms with Crippen molar-refractivity contribution < 1.29 is 4.42 Å². The Balaban J connectivity index is 1.34. The molecule has 0 saturated heterocycles. The summed E-state index contributed by atoms with van der Waals surface area (Å²) in [5.74, 6) is 0. The van der Waals surface area contributed by atoms with Crippen LogP contribution in [0.4, 0.5) is 28.4 Å². The third kappa shape index (κ3) is 6.11. The van der Waals surface area contributed by atoms with E-state index in [0.29, 0.717) is 0 Å². The summed E-state index contributed by atoms with van der Waals surface area (Å²) in [7, 11) is 0. The lowest BCUT2D eigenvalue weighted by Crippen LogP contribution is -2.61. The molecule has 0 amide bonds. The monoisotopic (exact) mass is 823 g/mol. The van der Waals surface area contributed by atoms with Gasteiger partial charge in [0.25, 0.3) is 6.71 Å². The summed E-state index contributed by atoms with van der Waals surface area (Å²) in [4.78, 5) is 5.32. The largest absolute Gasteiger partial charge is 0.468 e. The van der Waals surface area contributed by atoms with Crippen LogP contribution in [0.5, 0.6) is 0 Å². The summed E-state index contributed by atoms with van der Waals surface area (Å²) in [6.07, 6.45) is 11.6. The first-order chi connectivity index (χ1) is 28.8. The standard InChI is InChI=1S/C58H71BN2O/c1-34-27-47-50-48(28-34)61(45-22-19-37(29-35(45)2)54(6,7)8)46-32-42-41(56(11,12)24-25-57(42,13)14)31-44(46)59(50)52-51(60(47)38-20-17-36(18-21-38)53(3,4)5)39-30-40-43(33-49(39)62-52)58(15,16)26-23-55(40,9)10/h17,19-20,22,27-33H,18,21,23-26H2,1-16H3. The predicted octanol–water partition coefficient (Wildman–Crippen LogP) is 14.4. The van der Waals surface area contributed by atoms with Crippen LogP contribution in [-0.4, -0.2) is 6.71 Å². The van der Waals surface area contributed by atoms with Gasteiger partial charge in [-0.15, -0.1) is 0 Å². The molecule has 0 saturated carbocycles.